The monoisotopic (exact) mass is 295 g/mol. The van der Waals surface area contributed by atoms with Gasteiger partial charge in [0, 0.05) is 17.6 Å². The Kier molecular flexibility index (Phi) is 3.55. The van der Waals surface area contributed by atoms with Gasteiger partial charge >= 0.3 is 0 Å². The topological polar surface area (TPSA) is 66.6 Å². The number of pyridine rings is 1. The molecule has 2 N–H and O–H groups in total. The fourth-order valence-electron chi connectivity index (χ4n) is 2.43. The van der Waals surface area contributed by atoms with Gasteiger partial charge in [0.2, 0.25) is 0 Å². The lowest BCUT2D eigenvalue weighted by Crippen LogP contribution is -2.12. The Morgan fingerprint density at radius 3 is 2.64 bits per heavy atom. The first-order valence-electron chi connectivity index (χ1n) is 7.16. The van der Waals surface area contributed by atoms with Crippen LogP contribution in [0.2, 0.25) is 0 Å². The lowest BCUT2D eigenvalue weighted by Gasteiger charge is -2.06. The summed E-state index contributed by atoms with van der Waals surface area (Å²) in [7, 11) is 0. The number of rotatable bonds is 3. The number of nitrogens with zero attached hydrogens (tertiary/aromatic N) is 2. The molecule has 2 heterocycles. The molecular weight excluding hydrogens is 278 g/mol. The third-order valence-electron chi connectivity index (χ3n) is 3.68. The number of aryl methyl sites for hydroxylation is 2. The van der Waals surface area contributed by atoms with E-state index in [1.54, 1.807) is 24.4 Å². The molecule has 0 aliphatic carbocycles. The van der Waals surface area contributed by atoms with Crippen molar-refractivity contribution >= 4 is 17.2 Å². The molecule has 5 heteroatoms. The van der Waals surface area contributed by atoms with Crippen LogP contribution < -0.4 is 5.32 Å². The average molecular weight is 295 g/mol. The molecule has 0 saturated carbocycles. The van der Waals surface area contributed by atoms with Crippen LogP contribution in [0.1, 0.15) is 28.7 Å². The molecule has 0 aliphatic heterocycles. The van der Waals surface area contributed by atoms with Gasteiger partial charge in [0.1, 0.15) is 11.4 Å². The average Bonchev–Trinajstić information content (AvgIpc) is 2.85. The van der Waals surface area contributed by atoms with Gasteiger partial charge in [-0.1, -0.05) is 6.92 Å². The van der Waals surface area contributed by atoms with Gasteiger partial charge in [-0.15, -0.1) is 0 Å². The second-order valence-electron chi connectivity index (χ2n) is 5.14. The zero-order valence-corrected chi connectivity index (χ0v) is 12.5. The number of imidazole rings is 1. The van der Waals surface area contributed by atoms with Gasteiger partial charge in [0.15, 0.2) is 0 Å². The summed E-state index contributed by atoms with van der Waals surface area (Å²) < 4.78 is 1.94. The molecule has 1 amide bonds. The van der Waals surface area contributed by atoms with E-state index < -0.39 is 0 Å². The molecule has 22 heavy (non-hydrogen) atoms. The number of carbonyl (C=O) groups is 1. The van der Waals surface area contributed by atoms with Gasteiger partial charge in [0.05, 0.1) is 11.3 Å². The molecule has 0 unspecified atom stereocenters. The van der Waals surface area contributed by atoms with Crippen molar-refractivity contribution in [1.82, 2.24) is 9.38 Å². The van der Waals surface area contributed by atoms with Gasteiger partial charge in [0.25, 0.3) is 5.91 Å². The van der Waals surface area contributed by atoms with Crippen LogP contribution in [-0.4, -0.2) is 20.4 Å². The summed E-state index contributed by atoms with van der Waals surface area (Å²) in [5, 5.41) is 12.1. The Hall–Kier alpha value is -2.82. The van der Waals surface area contributed by atoms with Crippen LogP contribution in [0.25, 0.3) is 5.65 Å². The van der Waals surface area contributed by atoms with Gasteiger partial charge < -0.3 is 14.8 Å². The van der Waals surface area contributed by atoms with Crippen LogP contribution in [0.3, 0.4) is 0 Å². The molecule has 1 aromatic carbocycles. The normalized spacial score (nSPS) is 10.8. The third-order valence-corrected chi connectivity index (χ3v) is 3.68. The molecule has 2 aromatic heterocycles. The standard InChI is InChI=1S/C17H17N3O2/c1-3-15-11(2)20-10-12(4-9-16(20)19-15)17(22)18-13-5-7-14(21)8-6-13/h4-10,21H,3H2,1-2H3,(H,18,22). The number of anilines is 1. The summed E-state index contributed by atoms with van der Waals surface area (Å²) in [6.07, 6.45) is 2.66. The highest BCUT2D eigenvalue weighted by atomic mass is 16.3. The maximum absolute atomic E-state index is 12.3. The van der Waals surface area contributed by atoms with Crippen LogP contribution in [0.15, 0.2) is 42.6 Å². The van der Waals surface area contributed by atoms with Crippen LogP contribution in [-0.2, 0) is 6.42 Å². The first-order valence-corrected chi connectivity index (χ1v) is 7.16. The van der Waals surface area contributed by atoms with E-state index >= 15 is 0 Å². The second kappa shape index (κ2) is 5.52. The predicted octanol–water partition coefficient (Wildman–Crippen LogP) is 3.16. The van der Waals surface area contributed by atoms with E-state index in [4.69, 9.17) is 0 Å². The van der Waals surface area contributed by atoms with Crippen molar-refractivity contribution in [1.29, 1.82) is 0 Å². The molecule has 0 fully saturated rings. The van der Waals surface area contributed by atoms with Crippen molar-refractivity contribution in [2.24, 2.45) is 0 Å². The van der Waals surface area contributed by atoms with Crippen LogP contribution in [0, 0.1) is 6.92 Å². The highest BCUT2D eigenvalue weighted by Crippen LogP contribution is 2.17. The van der Waals surface area contributed by atoms with Crippen LogP contribution in [0.5, 0.6) is 5.75 Å². The quantitative estimate of drug-likeness (QED) is 0.729. The molecule has 0 bridgehead atoms. The second-order valence-corrected chi connectivity index (χ2v) is 5.14. The van der Waals surface area contributed by atoms with Gasteiger partial charge in [-0.2, -0.15) is 0 Å². The van der Waals surface area contributed by atoms with Gasteiger partial charge in [-0.05, 0) is 49.7 Å². The number of phenolic OH excluding ortho intramolecular Hbond substituents is 1. The minimum absolute atomic E-state index is 0.167. The third kappa shape index (κ3) is 2.53. The van der Waals surface area contributed by atoms with E-state index in [0.29, 0.717) is 11.3 Å². The fourth-order valence-corrected chi connectivity index (χ4v) is 2.43. The lowest BCUT2D eigenvalue weighted by atomic mass is 10.2. The first-order chi connectivity index (χ1) is 10.6. The summed E-state index contributed by atoms with van der Waals surface area (Å²) in [5.41, 5.74) is 4.13. The van der Waals surface area contributed by atoms with Gasteiger partial charge in [-0.25, -0.2) is 4.98 Å². The van der Waals surface area contributed by atoms with Crippen LogP contribution >= 0.6 is 0 Å². The first kappa shape index (κ1) is 14.1. The number of benzene rings is 1. The SMILES string of the molecule is CCc1nc2ccc(C(=O)Nc3ccc(O)cc3)cn2c1C. The van der Waals surface area contributed by atoms with E-state index in [1.807, 2.05) is 17.4 Å². The van der Waals surface area contributed by atoms with E-state index in [9.17, 15) is 9.90 Å². The van der Waals surface area contributed by atoms with Crippen molar-refractivity contribution in [2.75, 3.05) is 5.32 Å². The minimum Gasteiger partial charge on any atom is -0.508 e. The van der Waals surface area contributed by atoms with Gasteiger partial charge in [-0.3, -0.25) is 4.79 Å². The Morgan fingerprint density at radius 1 is 1.23 bits per heavy atom. The molecule has 3 rings (SSSR count). The van der Waals surface area contributed by atoms with Crippen molar-refractivity contribution < 1.29 is 9.90 Å². The molecule has 0 atom stereocenters. The molecule has 112 valence electrons. The smallest absolute Gasteiger partial charge is 0.257 e. The van der Waals surface area contributed by atoms with Crippen LogP contribution in [0.4, 0.5) is 5.69 Å². The number of fused-ring (bicyclic) bond motifs is 1. The Balaban J connectivity index is 1.90. The lowest BCUT2D eigenvalue weighted by molar-refractivity contribution is 0.102. The number of aromatic nitrogens is 2. The minimum atomic E-state index is -0.196. The maximum atomic E-state index is 12.3. The molecule has 3 aromatic rings. The van der Waals surface area contributed by atoms with Crippen molar-refractivity contribution in [2.45, 2.75) is 20.3 Å². The van der Waals surface area contributed by atoms with Crippen molar-refractivity contribution in [3.63, 3.8) is 0 Å². The summed E-state index contributed by atoms with van der Waals surface area (Å²) in [6.45, 7) is 4.06. The molecule has 0 saturated heterocycles. The Labute approximate surface area is 128 Å². The van der Waals surface area contributed by atoms with Crippen molar-refractivity contribution in [3.8, 4) is 5.75 Å². The van der Waals surface area contributed by atoms with E-state index in [2.05, 4.69) is 17.2 Å². The molecule has 0 aliphatic rings. The molecular formula is C17H17N3O2. The molecule has 5 nitrogen and oxygen atoms in total. The van der Waals surface area contributed by atoms with E-state index in [1.165, 1.54) is 12.1 Å². The highest BCUT2D eigenvalue weighted by Gasteiger charge is 2.11. The fraction of sp³-hybridized carbons (Fsp3) is 0.176. The zero-order chi connectivity index (χ0) is 15.7. The highest BCUT2D eigenvalue weighted by molar-refractivity contribution is 6.04. The summed E-state index contributed by atoms with van der Waals surface area (Å²) >= 11 is 0. The molecule has 0 radical (unpaired) electrons. The maximum Gasteiger partial charge on any atom is 0.257 e. The predicted molar refractivity (Wildman–Crippen MR) is 85.4 cm³/mol. The summed E-state index contributed by atoms with van der Waals surface area (Å²) in [6, 6.07) is 9.99. The van der Waals surface area contributed by atoms with Crippen molar-refractivity contribution in [3.05, 3.63) is 59.5 Å². The zero-order valence-electron chi connectivity index (χ0n) is 12.5. The summed E-state index contributed by atoms with van der Waals surface area (Å²) in [5.74, 6) is -0.0284. The number of hydrogen-bond acceptors (Lipinski definition) is 3. The largest absolute Gasteiger partial charge is 0.508 e. The number of nitrogens with one attached hydrogen (secondary N) is 1. The Bertz CT molecular complexity index is 835. The number of carbonyl (C=O) groups excluding carboxylic acids is 1. The number of hydrogen-bond donors (Lipinski definition) is 2. The molecule has 0 spiro atoms. The number of aromatic hydroxyl groups is 1. The van der Waals surface area contributed by atoms with E-state index in [0.717, 1.165) is 23.5 Å². The Morgan fingerprint density at radius 2 is 1.95 bits per heavy atom. The van der Waals surface area contributed by atoms with E-state index in [-0.39, 0.29) is 11.7 Å². The number of amides is 1. The summed E-state index contributed by atoms with van der Waals surface area (Å²) in [4.78, 5) is 16.9. The number of phenols is 1.